The van der Waals surface area contributed by atoms with E-state index in [-0.39, 0.29) is 5.91 Å². The van der Waals surface area contributed by atoms with Crippen LogP contribution in [-0.4, -0.2) is 29.8 Å². The minimum absolute atomic E-state index is 0.246. The number of nitrogens with one attached hydrogen (secondary N) is 2. The van der Waals surface area contributed by atoms with Gasteiger partial charge in [-0.25, -0.2) is 0 Å². The molecular formula is C20H26N4O2S. The highest BCUT2D eigenvalue weighted by molar-refractivity contribution is 7.19. The fraction of sp³-hybridized carbons (Fsp3) is 0.550. The van der Waals surface area contributed by atoms with Crippen LogP contribution in [0.25, 0.3) is 0 Å². The Morgan fingerprint density at radius 1 is 1.26 bits per heavy atom. The number of hydrogen-bond acceptors (Lipinski definition) is 6. The minimum Gasteiger partial charge on any atom is -0.496 e. The van der Waals surface area contributed by atoms with E-state index in [9.17, 15) is 4.79 Å². The molecule has 0 saturated heterocycles. The largest absolute Gasteiger partial charge is 0.496 e. The number of hydrogen-bond donors (Lipinski definition) is 2. The highest BCUT2D eigenvalue weighted by Crippen LogP contribution is 2.61. The highest BCUT2D eigenvalue weighted by Gasteiger charge is 2.53. The van der Waals surface area contributed by atoms with Crippen LogP contribution >= 0.6 is 11.3 Å². The molecule has 0 aliphatic heterocycles. The van der Waals surface area contributed by atoms with E-state index < -0.39 is 0 Å². The van der Waals surface area contributed by atoms with E-state index in [1.165, 1.54) is 30.6 Å². The maximum atomic E-state index is 12.5. The SMILES string of the molecule is COc1ccccc1C(=O)Nc1nnc(NC[C@@H]2CCC3CC2C3(C)C)s1. The highest BCUT2D eigenvalue weighted by atomic mass is 32.1. The number of benzene rings is 1. The van der Waals surface area contributed by atoms with Gasteiger partial charge in [0.2, 0.25) is 10.3 Å². The van der Waals surface area contributed by atoms with Gasteiger partial charge in [0.05, 0.1) is 12.7 Å². The molecule has 7 heteroatoms. The summed E-state index contributed by atoms with van der Waals surface area (Å²) < 4.78 is 5.24. The van der Waals surface area contributed by atoms with Crippen molar-refractivity contribution in [2.45, 2.75) is 33.1 Å². The van der Waals surface area contributed by atoms with Gasteiger partial charge in [0, 0.05) is 6.54 Å². The first-order valence-electron chi connectivity index (χ1n) is 9.50. The van der Waals surface area contributed by atoms with Crippen molar-refractivity contribution in [2.24, 2.45) is 23.2 Å². The van der Waals surface area contributed by atoms with Crippen LogP contribution in [0.5, 0.6) is 5.75 Å². The van der Waals surface area contributed by atoms with Gasteiger partial charge in [-0.3, -0.25) is 10.1 Å². The second-order valence-electron chi connectivity index (χ2n) is 8.15. The predicted molar refractivity (Wildman–Crippen MR) is 107 cm³/mol. The molecule has 6 nitrogen and oxygen atoms in total. The maximum Gasteiger partial charge on any atom is 0.261 e. The Labute approximate surface area is 163 Å². The number of carbonyl (C=O) groups is 1. The van der Waals surface area contributed by atoms with E-state index in [0.29, 0.717) is 27.8 Å². The van der Waals surface area contributed by atoms with Crippen LogP contribution in [0.3, 0.4) is 0 Å². The summed E-state index contributed by atoms with van der Waals surface area (Å²) in [6.45, 7) is 5.75. The summed E-state index contributed by atoms with van der Waals surface area (Å²) in [5, 5.41) is 15.7. The number of anilines is 2. The second kappa shape index (κ2) is 7.11. The predicted octanol–water partition coefficient (Wildman–Crippen LogP) is 4.28. The van der Waals surface area contributed by atoms with Crippen molar-refractivity contribution in [2.75, 3.05) is 24.3 Å². The van der Waals surface area contributed by atoms with E-state index in [1.807, 2.05) is 6.07 Å². The Kier molecular flexibility index (Phi) is 4.80. The van der Waals surface area contributed by atoms with E-state index in [4.69, 9.17) is 4.74 Å². The molecule has 3 fully saturated rings. The number of para-hydroxylation sites is 1. The molecule has 1 amide bonds. The van der Waals surface area contributed by atoms with Crippen molar-refractivity contribution >= 4 is 27.5 Å². The van der Waals surface area contributed by atoms with Crippen molar-refractivity contribution in [1.29, 1.82) is 0 Å². The molecule has 2 unspecified atom stereocenters. The first-order valence-corrected chi connectivity index (χ1v) is 10.3. The number of carbonyl (C=O) groups excluding carboxylic acids is 1. The third kappa shape index (κ3) is 3.40. The summed E-state index contributed by atoms with van der Waals surface area (Å²) >= 11 is 1.37. The molecule has 3 aliphatic rings. The number of amides is 1. The van der Waals surface area contributed by atoms with Crippen LogP contribution in [-0.2, 0) is 0 Å². The van der Waals surface area contributed by atoms with Crippen LogP contribution in [0, 0.1) is 23.2 Å². The van der Waals surface area contributed by atoms with Gasteiger partial charge in [-0.15, -0.1) is 10.2 Å². The molecule has 1 aromatic heterocycles. The van der Waals surface area contributed by atoms with Crippen LogP contribution in [0.1, 0.15) is 43.5 Å². The molecule has 0 radical (unpaired) electrons. The van der Waals surface area contributed by atoms with Gasteiger partial charge in [0.25, 0.3) is 5.91 Å². The number of methoxy groups -OCH3 is 1. The van der Waals surface area contributed by atoms with Crippen LogP contribution in [0.2, 0.25) is 0 Å². The molecular weight excluding hydrogens is 360 g/mol. The zero-order chi connectivity index (χ0) is 19.0. The van der Waals surface area contributed by atoms with Gasteiger partial charge < -0.3 is 10.1 Å². The molecule has 0 spiro atoms. The molecule has 3 aliphatic carbocycles. The van der Waals surface area contributed by atoms with Crippen molar-refractivity contribution < 1.29 is 9.53 Å². The van der Waals surface area contributed by atoms with Crippen molar-refractivity contribution in [1.82, 2.24) is 10.2 Å². The Morgan fingerprint density at radius 3 is 2.78 bits per heavy atom. The average molecular weight is 387 g/mol. The smallest absolute Gasteiger partial charge is 0.261 e. The fourth-order valence-corrected chi connectivity index (χ4v) is 5.41. The maximum absolute atomic E-state index is 12.5. The second-order valence-corrected chi connectivity index (χ2v) is 9.12. The van der Waals surface area contributed by atoms with Crippen LogP contribution in [0.4, 0.5) is 10.3 Å². The summed E-state index contributed by atoms with van der Waals surface area (Å²) in [5.74, 6) is 2.71. The minimum atomic E-state index is -0.246. The number of aromatic nitrogens is 2. The topological polar surface area (TPSA) is 76.1 Å². The molecule has 3 saturated carbocycles. The first kappa shape index (κ1) is 18.2. The quantitative estimate of drug-likeness (QED) is 0.775. The Morgan fingerprint density at radius 2 is 2.04 bits per heavy atom. The lowest BCUT2D eigenvalue weighted by atomic mass is 9.45. The molecule has 1 heterocycles. The molecule has 1 aromatic carbocycles. The van der Waals surface area contributed by atoms with E-state index in [1.54, 1.807) is 25.3 Å². The summed E-state index contributed by atoms with van der Waals surface area (Å²) in [4.78, 5) is 12.5. The zero-order valence-corrected chi connectivity index (χ0v) is 16.8. The number of fused-ring (bicyclic) bond motifs is 2. The molecule has 144 valence electrons. The average Bonchev–Trinajstić information content (AvgIpc) is 3.13. The number of ether oxygens (including phenoxy) is 1. The molecule has 2 bridgehead atoms. The Hall–Kier alpha value is -2.15. The monoisotopic (exact) mass is 386 g/mol. The third-order valence-electron chi connectivity index (χ3n) is 6.51. The molecule has 3 atom stereocenters. The lowest BCUT2D eigenvalue weighted by Gasteiger charge is -2.60. The number of rotatable bonds is 6. The third-order valence-corrected chi connectivity index (χ3v) is 7.31. The van der Waals surface area contributed by atoms with Gasteiger partial charge >= 0.3 is 0 Å². The lowest BCUT2D eigenvalue weighted by Crippen LogP contribution is -2.53. The fourth-order valence-electron chi connectivity index (χ4n) is 4.77. The van der Waals surface area contributed by atoms with E-state index in [2.05, 4.69) is 34.7 Å². The normalized spacial score (nSPS) is 25.4. The summed E-state index contributed by atoms with van der Waals surface area (Å²) in [7, 11) is 1.55. The van der Waals surface area contributed by atoms with Gasteiger partial charge in [-0.2, -0.15) is 0 Å². The zero-order valence-electron chi connectivity index (χ0n) is 16.0. The van der Waals surface area contributed by atoms with Gasteiger partial charge in [0.15, 0.2) is 0 Å². The van der Waals surface area contributed by atoms with Gasteiger partial charge in [-0.05, 0) is 54.6 Å². The lowest BCUT2D eigenvalue weighted by molar-refractivity contribution is -0.100. The van der Waals surface area contributed by atoms with Crippen LogP contribution < -0.4 is 15.4 Å². The molecule has 2 N–H and O–H groups in total. The Bertz CT molecular complexity index is 833. The molecule has 27 heavy (non-hydrogen) atoms. The van der Waals surface area contributed by atoms with Gasteiger partial charge in [0.1, 0.15) is 5.75 Å². The summed E-state index contributed by atoms with van der Waals surface area (Å²) in [6, 6.07) is 7.13. The van der Waals surface area contributed by atoms with E-state index >= 15 is 0 Å². The number of nitrogens with zero attached hydrogens (tertiary/aromatic N) is 2. The standard InChI is InChI=1S/C20H26N4O2S/c1-20(2)13-9-8-12(15(20)10-13)11-21-18-23-24-19(27-18)22-17(25)14-6-4-5-7-16(14)26-3/h4-7,12-13,15H,8-11H2,1-3H3,(H,21,23)(H,22,24,25)/t12-,13?,15?/m0/s1. The first-order chi connectivity index (χ1) is 13.0. The summed E-state index contributed by atoms with van der Waals surface area (Å²) in [6.07, 6.45) is 4.00. The van der Waals surface area contributed by atoms with Crippen LogP contribution in [0.15, 0.2) is 24.3 Å². The van der Waals surface area contributed by atoms with Gasteiger partial charge in [-0.1, -0.05) is 37.3 Å². The molecule has 5 rings (SSSR count). The van der Waals surface area contributed by atoms with E-state index in [0.717, 1.165) is 23.5 Å². The molecule has 2 aromatic rings. The van der Waals surface area contributed by atoms with Crippen molar-refractivity contribution in [3.8, 4) is 5.75 Å². The van der Waals surface area contributed by atoms with Crippen molar-refractivity contribution in [3.63, 3.8) is 0 Å². The van der Waals surface area contributed by atoms with Crippen molar-refractivity contribution in [3.05, 3.63) is 29.8 Å². The summed E-state index contributed by atoms with van der Waals surface area (Å²) in [5.41, 5.74) is 0.966. The Balaban J connectivity index is 1.34.